The third-order valence-corrected chi connectivity index (χ3v) is 7.80. The van der Waals surface area contributed by atoms with Crippen LogP contribution in [0.3, 0.4) is 0 Å². The number of carbonyl (C=O) groups is 2. The summed E-state index contributed by atoms with van der Waals surface area (Å²) in [5.41, 5.74) is 2.18. The molecule has 0 bridgehead atoms. The molecule has 6 heteroatoms. The van der Waals surface area contributed by atoms with Crippen LogP contribution in [0.1, 0.15) is 51.7 Å². The maximum atomic E-state index is 13.0. The van der Waals surface area contributed by atoms with Crippen LogP contribution < -0.4 is 0 Å². The van der Waals surface area contributed by atoms with E-state index in [9.17, 15) is 14.7 Å². The van der Waals surface area contributed by atoms with E-state index < -0.39 is 11.7 Å². The first-order valence-corrected chi connectivity index (χ1v) is 12.3. The zero-order valence-electron chi connectivity index (χ0n) is 21.4. The lowest BCUT2D eigenvalue weighted by Crippen LogP contribution is -2.56. The van der Waals surface area contributed by atoms with Gasteiger partial charge in [0.1, 0.15) is 12.7 Å². The highest BCUT2D eigenvalue weighted by Crippen LogP contribution is 2.50. The number of benzene rings is 1. The lowest BCUT2D eigenvalue weighted by Gasteiger charge is -2.53. The molecule has 6 nitrogen and oxygen atoms in total. The minimum Gasteiger partial charge on any atom is -0.458 e. The van der Waals surface area contributed by atoms with Crippen LogP contribution in [0, 0.1) is 37.0 Å². The maximum Gasteiger partial charge on any atom is 0.303 e. The molecular weight excluding hydrogens is 430 g/mol. The van der Waals surface area contributed by atoms with Crippen LogP contribution in [0.5, 0.6) is 0 Å². The van der Waals surface area contributed by atoms with Crippen molar-refractivity contribution in [2.45, 2.75) is 65.7 Å². The van der Waals surface area contributed by atoms with Crippen molar-refractivity contribution in [1.82, 2.24) is 4.90 Å². The Balaban J connectivity index is 1.84. The molecule has 34 heavy (non-hydrogen) atoms. The van der Waals surface area contributed by atoms with Gasteiger partial charge in [-0.1, -0.05) is 44.2 Å². The van der Waals surface area contributed by atoms with Crippen LogP contribution in [0.15, 0.2) is 35.9 Å². The Hall–Kier alpha value is -2.18. The van der Waals surface area contributed by atoms with Crippen molar-refractivity contribution >= 4 is 11.9 Å². The van der Waals surface area contributed by atoms with Crippen LogP contribution in [-0.4, -0.2) is 53.8 Å². The molecule has 1 N–H and O–H groups in total. The number of methoxy groups -OCH3 is 1. The second-order valence-corrected chi connectivity index (χ2v) is 10.3. The van der Waals surface area contributed by atoms with E-state index in [1.807, 2.05) is 30.4 Å². The summed E-state index contributed by atoms with van der Waals surface area (Å²) in [6, 6.07) is 8.12. The summed E-state index contributed by atoms with van der Waals surface area (Å²) in [4.78, 5) is 26.4. The highest BCUT2D eigenvalue weighted by molar-refractivity contribution is 5.77. The number of nitrogens with zero attached hydrogens (tertiary/aromatic N) is 1. The SMILES string of the molecule is COCC(=O)N(Cc1ccccc1C)CC(C)[C@@H]1CC[C@@H](C)[C@]2(O)[CH][C@@H](OC(C)=O)C(C)=C[C@H]12. The fraction of sp³-hybridized carbons (Fsp3) is 0.607. The van der Waals surface area contributed by atoms with Crippen LogP contribution in [0.25, 0.3) is 0 Å². The summed E-state index contributed by atoms with van der Waals surface area (Å²) in [6.45, 7) is 10.8. The molecule has 1 aromatic rings. The van der Waals surface area contributed by atoms with Gasteiger partial charge < -0.3 is 19.5 Å². The Labute approximate surface area is 204 Å². The van der Waals surface area contributed by atoms with E-state index in [1.54, 1.807) is 7.11 Å². The third kappa shape index (κ3) is 5.72. The van der Waals surface area contributed by atoms with Crippen LogP contribution in [-0.2, 0) is 25.6 Å². The first-order valence-electron chi connectivity index (χ1n) is 12.3. The molecule has 0 saturated heterocycles. The maximum absolute atomic E-state index is 13.0. The van der Waals surface area contributed by atoms with Gasteiger partial charge in [-0.15, -0.1) is 0 Å². The minimum absolute atomic E-state index is 0.0334. The Kier molecular flexibility index (Phi) is 8.58. The molecule has 1 fully saturated rings. The molecular formula is C28H40NO5. The molecule has 1 saturated carbocycles. The van der Waals surface area contributed by atoms with Crippen molar-refractivity contribution in [2.24, 2.45) is 23.7 Å². The number of rotatable bonds is 8. The molecule has 0 heterocycles. The van der Waals surface area contributed by atoms with Crippen LogP contribution >= 0.6 is 0 Å². The number of fused-ring (bicyclic) bond motifs is 1. The second kappa shape index (κ2) is 11.0. The van der Waals surface area contributed by atoms with Gasteiger partial charge in [0, 0.05) is 39.5 Å². The molecule has 1 radical (unpaired) electrons. The normalized spacial score (nSPS) is 29.6. The Morgan fingerprint density at radius 2 is 1.94 bits per heavy atom. The lowest BCUT2D eigenvalue weighted by atomic mass is 9.57. The number of amides is 1. The van der Waals surface area contributed by atoms with Crippen LogP contribution in [0.2, 0.25) is 0 Å². The lowest BCUT2D eigenvalue weighted by molar-refractivity contribution is -0.148. The summed E-state index contributed by atoms with van der Waals surface area (Å²) in [5, 5.41) is 11.8. The number of hydrogen-bond donors (Lipinski definition) is 1. The average Bonchev–Trinajstić information content (AvgIpc) is 2.77. The highest BCUT2D eigenvalue weighted by Gasteiger charge is 2.53. The van der Waals surface area contributed by atoms with Gasteiger partial charge in [-0.3, -0.25) is 9.59 Å². The standard InChI is InChI=1S/C28H40NO5/c1-18-9-7-8-10-23(18)16-29(27(31)17-33-6)15-20(3)24-12-11-21(4)28(32)14-26(34-22(5)30)19(2)13-25(24)28/h7-10,13-14,20-21,24-26,32H,11-12,15-17H2,1-6H3/t20?,21-,24+,25-,26-,28-/m1/s1. The molecule has 187 valence electrons. The molecule has 1 aromatic carbocycles. The van der Waals surface area contributed by atoms with Crippen molar-refractivity contribution in [3.63, 3.8) is 0 Å². The van der Waals surface area contributed by atoms with Crippen molar-refractivity contribution < 1.29 is 24.2 Å². The van der Waals surface area contributed by atoms with Gasteiger partial charge >= 0.3 is 5.97 Å². The topological polar surface area (TPSA) is 76.1 Å². The fourth-order valence-corrected chi connectivity index (χ4v) is 5.70. The smallest absolute Gasteiger partial charge is 0.303 e. The molecule has 3 rings (SSSR count). The zero-order valence-corrected chi connectivity index (χ0v) is 21.4. The van der Waals surface area contributed by atoms with Gasteiger partial charge in [0.05, 0.1) is 5.60 Å². The van der Waals surface area contributed by atoms with E-state index in [4.69, 9.17) is 9.47 Å². The first kappa shape index (κ1) is 26.4. The van der Waals surface area contributed by atoms with Gasteiger partial charge in [0.25, 0.3) is 0 Å². The minimum atomic E-state index is -1.05. The molecule has 0 aliphatic heterocycles. The van der Waals surface area contributed by atoms with E-state index >= 15 is 0 Å². The van der Waals surface area contributed by atoms with Gasteiger partial charge in [0.15, 0.2) is 0 Å². The monoisotopic (exact) mass is 470 g/mol. The van der Waals surface area contributed by atoms with Crippen molar-refractivity contribution in [2.75, 3.05) is 20.3 Å². The summed E-state index contributed by atoms with van der Waals surface area (Å²) in [5.74, 6) is -0.0590. The van der Waals surface area contributed by atoms with Crippen molar-refractivity contribution in [1.29, 1.82) is 0 Å². The van der Waals surface area contributed by atoms with Gasteiger partial charge in [-0.25, -0.2) is 0 Å². The number of hydrogen-bond acceptors (Lipinski definition) is 5. The number of carbonyl (C=O) groups excluding carboxylic acids is 2. The second-order valence-electron chi connectivity index (χ2n) is 10.3. The summed E-state index contributed by atoms with van der Waals surface area (Å²) in [6.07, 6.45) is 5.28. The van der Waals surface area contributed by atoms with E-state index in [1.165, 1.54) is 6.92 Å². The van der Waals surface area contributed by atoms with Gasteiger partial charge in [0.2, 0.25) is 5.91 Å². The van der Waals surface area contributed by atoms with E-state index in [0.29, 0.717) is 13.1 Å². The summed E-state index contributed by atoms with van der Waals surface area (Å²) in [7, 11) is 1.54. The Morgan fingerprint density at radius 1 is 1.24 bits per heavy atom. The molecule has 1 unspecified atom stereocenters. The molecule has 0 spiro atoms. The van der Waals surface area contributed by atoms with Gasteiger partial charge in [-0.2, -0.15) is 0 Å². The third-order valence-electron chi connectivity index (χ3n) is 7.80. The van der Waals surface area contributed by atoms with E-state index in [0.717, 1.165) is 29.5 Å². The predicted molar refractivity (Wildman–Crippen MR) is 132 cm³/mol. The highest BCUT2D eigenvalue weighted by atomic mass is 16.5. The summed E-state index contributed by atoms with van der Waals surface area (Å²) < 4.78 is 10.6. The van der Waals surface area contributed by atoms with E-state index in [-0.39, 0.29) is 42.2 Å². The molecule has 6 atom stereocenters. The molecule has 0 aromatic heterocycles. The number of aliphatic hydroxyl groups is 1. The zero-order chi connectivity index (χ0) is 25.0. The van der Waals surface area contributed by atoms with Crippen molar-refractivity contribution in [3.05, 3.63) is 53.5 Å². The Bertz CT molecular complexity index is 912. The number of ether oxygens (including phenoxy) is 2. The first-order chi connectivity index (χ1) is 16.1. The largest absolute Gasteiger partial charge is 0.458 e. The quantitative estimate of drug-likeness (QED) is 0.457. The molecule has 2 aliphatic rings. The van der Waals surface area contributed by atoms with Crippen LogP contribution in [0.4, 0.5) is 0 Å². The fourth-order valence-electron chi connectivity index (χ4n) is 5.70. The molecule has 2 aliphatic carbocycles. The average molecular weight is 471 g/mol. The van der Waals surface area contributed by atoms with E-state index in [2.05, 4.69) is 39.0 Å². The number of esters is 1. The van der Waals surface area contributed by atoms with Gasteiger partial charge in [-0.05, 0) is 61.1 Å². The predicted octanol–water partition coefficient (Wildman–Crippen LogP) is 4.10. The van der Waals surface area contributed by atoms with Crippen molar-refractivity contribution in [3.8, 4) is 0 Å². The Morgan fingerprint density at radius 3 is 2.59 bits per heavy atom. The summed E-state index contributed by atoms with van der Waals surface area (Å²) >= 11 is 0. The number of aryl methyl sites for hydroxylation is 1. The molecule has 1 amide bonds.